The van der Waals surface area contributed by atoms with Gasteiger partial charge in [-0.25, -0.2) is 0 Å². The third-order valence-corrected chi connectivity index (χ3v) is 1.32. The number of hydrogen-bond acceptors (Lipinski definition) is 0. The van der Waals surface area contributed by atoms with Crippen molar-refractivity contribution >= 4 is 0 Å². The molecule has 0 amide bonds. The van der Waals surface area contributed by atoms with Crippen LogP contribution in [0, 0.1) is 0 Å². The van der Waals surface area contributed by atoms with Crippen molar-refractivity contribution in [1.82, 2.24) is 0 Å². The second-order valence-electron chi connectivity index (χ2n) is 2.14. The first-order valence-electron chi connectivity index (χ1n) is 3.47. The van der Waals surface area contributed by atoms with Crippen LogP contribution in [0.15, 0.2) is 36.5 Å². The molecule has 0 fully saturated rings. The monoisotopic (exact) mass is 120 g/mol. The fraction of sp³-hybridized carbons (Fsp3) is 0.333. The highest BCUT2D eigenvalue weighted by atomic mass is 13.8. The first-order chi connectivity index (χ1) is 4.50. The molecule has 48 valence electrons. The molecule has 0 saturated carbocycles. The Morgan fingerprint density at radius 3 is 2.44 bits per heavy atom. The molecule has 0 aromatic heterocycles. The molecule has 9 heavy (non-hydrogen) atoms. The van der Waals surface area contributed by atoms with E-state index < -0.39 is 0 Å². The molecular weight excluding hydrogens is 108 g/mol. The van der Waals surface area contributed by atoms with E-state index in [9.17, 15) is 0 Å². The zero-order valence-corrected chi connectivity index (χ0v) is 5.59. The molecule has 0 spiro atoms. The molecule has 0 nitrogen and oxygen atoms in total. The average Bonchev–Trinajstić information content (AvgIpc) is 2.00. The Labute approximate surface area is 56.6 Å². The van der Waals surface area contributed by atoms with E-state index in [1.54, 1.807) is 0 Å². The van der Waals surface area contributed by atoms with E-state index in [2.05, 4.69) is 36.5 Å². The van der Waals surface area contributed by atoms with Crippen LogP contribution in [0.5, 0.6) is 0 Å². The Balaban J connectivity index is 2.43. The standard InChI is InChI=1S/C9H12/c1-2-4-6-8-9-7-5-3-1/h1-4,7,9H,5-6,8H2/b3-1-,4-2?,9-7+. The predicted molar refractivity (Wildman–Crippen MR) is 41.3 cm³/mol. The van der Waals surface area contributed by atoms with E-state index >= 15 is 0 Å². The zero-order chi connectivity index (χ0) is 6.36. The number of rotatable bonds is 0. The summed E-state index contributed by atoms with van der Waals surface area (Å²) < 4.78 is 0. The second kappa shape index (κ2) is 4.13. The first-order valence-corrected chi connectivity index (χ1v) is 3.47. The molecular formula is C9H12. The summed E-state index contributed by atoms with van der Waals surface area (Å²) in [6.07, 6.45) is 16.5. The molecule has 0 aromatic rings. The van der Waals surface area contributed by atoms with Crippen LogP contribution >= 0.6 is 0 Å². The molecule has 0 aliphatic heterocycles. The van der Waals surface area contributed by atoms with Crippen molar-refractivity contribution in [3.63, 3.8) is 0 Å². The van der Waals surface area contributed by atoms with Gasteiger partial charge in [0.1, 0.15) is 0 Å². The Hall–Kier alpha value is -0.780. The summed E-state index contributed by atoms with van der Waals surface area (Å²) in [5.41, 5.74) is 0. The van der Waals surface area contributed by atoms with E-state index in [4.69, 9.17) is 0 Å². The molecule has 1 aliphatic rings. The van der Waals surface area contributed by atoms with Gasteiger partial charge in [0.15, 0.2) is 0 Å². The quantitative estimate of drug-likeness (QED) is 0.431. The van der Waals surface area contributed by atoms with Crippen LogP contribution in [0.3, 0.4) is 0 Å². The lowest BCUT2D eigenvalue weighted by molar-refractivity contribution is 1.05. The summed E-state index contributed by atoms with van der Waals surface area (Å²) in [5.74, 6) is 0. The van der Waals surface area contributed by atoms with Crippen molar-refractivity contribution in [3.05, 3.63) is 36.5 Å². The number of hydrogen-bond donors (Lipinski definition) is 0. The maximum Gasteiger partial charge on any atom is -0.0166 e. The summed E-state index contributed by atoms with van der Waals surface area (Å²) in [5, 5.41) is 0. The lowest BCUT2D eigenvalue weighted by Gasteiger charge is -1.81. The first kappa shape index (κ1) is 6.34. The topological polar surface area (TPSA) is 0 Å². The maximum atomic E-state index is 2.24. The van der Waals surface area contributed by atoms with Gasteiger partial charge in [-0.15, -0.1) is 0 Å². The van der Waals surface area contributed by atoms with E-state index in [0.717, 1.165) is 6.42 Å². The SMILES string of the molecule is C1=CCC/C=C/C/C=C\1. The van der Waals surface area contributed by atoms with Crippen molar-refractivity contribution in [2.24, 2.45) is 0 Å². The highest BCUT2D eigenvalue weighted by molar-refractivity contribution is 5.06. The maximum absolute atomic E-state index is 2.24. The Morgan fingerprint density at radius 1 is 0.667 bits per heavy atom. The molecule has 0 unspecified atom stereocenters. The normalized spacial score (nSPS) is 25.8. The molecule has 0 saturated heterocycles. The summed E-state index contributed by atoms with van der Waals surface area (Å²) >= 11 is 0. The predicted octanol–water partition coefficient (Wildman–Crippen LogP) is 2.84. The van der Waals surface area contributed by atoms with Crippen molar-refractivity contribution in [1.29, 1.82) is 0 Å². The minimum absolute atomic E-state index is 1.09. The molecule has 0 heteroatoms. The van der Waals surface area contributed by atoms with Gasteiger partial charge < -0.3 is 0 Å². The molecule has 0 N–H and O–H groups in total. The largest absolute Gasteiger partial charge is 0.0879 e. The van der Waals surface area contributed by atoms with Crippen LogP contribution in [-0.4, -0.2) is 0 Å². The average molecular weight is 120 g/mol. The highest BCUT2D eigenvalue weighted by Gasteiger charge is 1.77. The van der Waals surface area contributed by atoms with Gasteiger partial charge in [0.2, 0.25) is 0 Å². The minimum atomic E-state index is 1.09. The van der Waals surface area contributed by atoms with Crippen molar-refractivity contribution in [3.8, 4) is 0 Å². The van der Waals surface area contributed by atoms with Gasteiger partial charge in [0.25, 0.3) is 0 Å². The lowest BCUT2D eigenvalue weighted by atomic mass is 10.3. The Bertz CT molecular complexity index is 138. The third-order valence-electron chi connectivity index (χ3n) is 1.32. The second-order valence-corrected chi connectivity index (χ2v) is 2.14. The molecule has 1 rings (SSSR count). The van der Waals surface area contributed by atoms with Crippen LogP contribution in [0.25, 0.3) is 0 Å². The van der Waals surface area contributed by atoms with Gasteiger partial charge >= 0.3 is 0 Å². The molecule has 0 heterocycles. The van der Waals surface area contributed by atoms with Crippen LogP contribution in [0.2, 0.25) is 0 Å². The highest BCUT2D eigenvalue weighted by Crippen LogP contribution is 1.98. The van der Waals surface area contributed by atoms with Gasteiger partial charge in [-0.3, -0.25) is 0 Å². The fourth-order valence-electron chi connectivity index (χ4n) is 0.817. The Kier molecular flexibility index (Phi) is 2.91. The third kappa shape index (κ3) is 2.91. The molecule has 0 bridgehead atoms. The Morgan fingerprint density at radius 2 is 1.44 bits per heavy atom. The van der Waals surface area contributed by atoms with Crippen molar-refractivity contribution < 1.29 is 0 Å². The van der Waals surface area contributed by atoms with Gasteiger partial charge in [0.05, 0.1) is 0 Å². The molecule has 0 aromatic carbocycles. The number of allylic oxidation sites excluding steroid dienone is 6. The van der Waals surface area contributed by atoms with Crippen LogP contribution in [0.4, 0.5) is 0 Å². The lowest BCUT2D eigenvalue weighted by Crippen LogP contribution is -1.61. The summed E-state index contributed by atoms with van der Waals surface area (Å²) in [4.78, 5) is 0. The zero-order valence-electron chi connectivity index (χ0n) is 5.59. The summed E-state index contributed by atoms with van der Waals surface area (Å²) in [7, 11) is 0. The van der Waals surface area contributed by atoms with Crippen LogP contribution < -0.4 is 0 Å². The molecule has 0 radical (unpaired) electrons. The van der Waals surface area contributed by atoms with Crippen molar-refractivity contribution in [2.75, 3.05) is 0 Å². The molecule has 1 aliphatic carbocycles. The van der Waals surface area contributed by atoms with Crippen LogP contribution in [-0.2, 0) is 0 Å². The van der Waals surface area contributed by atoms with E-state index in [1.807, 2.05) is 0 Å². The van der Waals surface area contributed by atoms with E-state index in [1.165, 1.54) is 12.8 Å². The van der Waals surface area contributed by atoms with Gasteiger partial charge in [-0.1, -0.05) is 36.5 Å². The minimum Gasteiger partial charge on any atom is -0.0879 e. The summed E-state index contributed by atoms with van der Waals surface area (Å²) in [6, 6.07) is 0. The van der Waals surface area contributed by atoms with E-state index in [-0.39, 0.29) is 0 Å². The van der Waals surface area contributed by atoms with Gasteiger partial charge in [-0.05, 0) is 19.3 Å². The van der Waals surface area contributed by atoms with Crippen molar-refractivity contribution in [2.45, 2.75) is 19.3 Å². The van der Waals surface area contributed by atoms with Gasteiger partial charge in [-0.2, -0.15) is 0 Å². The molecule has 0 atom stereocenters. The van der Waals surface area contributed by atoms with Gasteiger partial charge in [0, 0.05) is 0 Å². The fourth-order valence-corrected chi connectivity index (χ4v) is 0.817. The van der Waals surface area contributed by atoms with Crippen LogP contribution in [0.1, 0.15) is 19.3 Å². The van der Waals surface area contributed by atoms with E-state index in [0.29, 0.717) is 0 Å². The summed E-state index contributed by atoms with van der Waals surface area (Å²) in [6.45, 7) is 0. The smallest absolute Gasteiger partial charge is 0.0166 e.